The maximum Gasteiger partial charge on any atom is 0.547 e. The van der Waals surface area contributed by atoms with Gasteiger partial charge in [-0.3, -0.25) is 15.1 Å². The predicted molar refractivity (Wildman–Crippen MR) is 100 cm³/mol. The number of amides is 1. The molecule has 2 heterocycles. The smallest absolute Gasteiger partial charge is 0.534 e. The monoisotopic (exact) mass is 385 g/mol. The van der Waals surface area contributed by atoms with Gasteiger partial charge in [-0.25, -0.2) is 4.79 Å². The number of aromatic carboxylic acids is 1. The molecular formula is C17H20BN5O5. The van der Waals surface area contributed by atoms with Crippen molar-refractivity contribution in [2.75, 3.05) is 0 Å². The third-order valence-electron chi connectivity index (χ3n) is 4.27. The van der Waals surface area contributed by atoms with E-state index in [1.165, 1.54) is 12.3 Å². The van der Waals surface area contributed by atoms with Gasteiger partial charge < -0.3 is 31.6 Å². The number of aromatic nitrogens is 1. The molecule has 0 saturated carbocycles. The van der Waals surface area contributed by atoms with Gasteiger partial charge in [-0.05, 0) is 29.7 Å². The van der Waals surface area contributed by atoms with Crippen LogP contribution >= 0.6 is 0 Å². The summed E-state index contributed by atoms with van der Waals surface area (Å²) in [6.45, 7) is 0.340. The minimum absolute atomic E-state index is 0.0381. The molecule has 8 N–H and O–H groups in total. The summed E-state index contributed by atoms with van der Waals surface area (Å²) in [4.78, 5) is 27.9. The zero-order valence-corrected chi connectivity index (χ0v) is 14.8. The van der Waals surface area contributed by atoms with E-state index >= 15 is 0 Å². The molecule has 1 amide bonds. The summed E-state index contributed by atoms with van der Waals surface area (Å²) in [5.74, 6) is -2.23. The van der Waals surface area contributed by atoms with E-state index in [1.807, 2.05) is 0 Å². The lowest BCUT2D eigenvalue weighted by Gasteiger charge is -2.28. The van der Waals surface area contributed by atoms with Gasteiger partial charge in [0.15, 0.2) is 0 Å². The Labute approximate surface area is 161 Å². The molecule has 0 bridgehead atoms. The molecule has 11 heteroatoms. The number of benzene rings is 1. The molecule has 2 aromatic rings. The highest BCUT2D eigenvalue weighted by Crippen LogP contribution is 2.30. The van der Waals surface area contributed by atoms with Crippen LogP contribution in [0.25, 0.3) is 0 Å². The van der Waals surface area contributed by atoms with Crippen molar-refractivity contribution in [1.29, 1.82) is 0 Å². The Bertz CT molecular complexity index is 894. The Morgan fingerprint density at radius 1 is 1.36 bits per heavy atom. The lowest BCUT2D eigenvalue weighted by atomic mass is 9.72. The van der Waals surface area contributed by atoms with Crippen molar-refractivity contribution in [3.05, 3.63) is 58.9 Å². The maximum atomic E-state index is 12.6. The SMILES string of the molecule is NC(N)NCc1cncc(C(=O)NC2Cc3cccc(C(=O)O)c3OB2O)c1. The fourth-order valence-corrected chi connectivity index (χ4v) is 2.91. The minimum atomic E-state index is -1.38. The van der Waals surface area contributed by atoms with Gasteiger partial charge in [-0.2, -0.15) is 0 Å². The van der Waals surface area contributed by atoms with Crippen molar-refractivity contribution in [3.8, 4) is 5.75 Å². The van der Waals surface area contributed by atoms with Crippen molar-refractivity contribution in [2.24, 2.45) is 11.5 Å². The standard InChI is InChI=1S/C17H20BN5O5/c19-17(20)22-7-9-4-11(8-21-6-9)15(24)23-13-5-10-2-1-3-12(16(25)26)14(10)28-18(13)27/h1-4,6,8,13,17,22,27H,5,7,19-20H2,(H,23,24)(H,25,26). The number of carboxylic acids is 1. The molecule has 0 saturated heterocycles. The third kappa shape index (κ3) is 4.46. The molecule has 10 nitrogen and oxygen atoms in total. The summed E-state index contributed by atoms with van der Waals surface area (Å²) < 4.78 is 5.37. The van der Waals surface area contributed by atoms with Crippen LogP contribution in [-0.2, 0) is 13.0 Å². The fourth-order valence-electron chi connectivity index (χ4n) is 2.91. The highest BCUT2D eigenvalue weighted by molar-refractivity contribution is 6.47. The largest absolute Gasteiger partial charge is 0.547 e. The van der Waals surface area contributed by atoms with Crippen LogP contribution < -0.4 is 26.8 Å². The van der Waals surface area contributed by atoms with Gasteiger partial charge in [0.1, 0.15) is 12.0 Å². The van der Waals surface area contributed by atoms with E-state index in [0.29, 0.717) is 23.2 Å². The Morgan fingerprint density at radius 3 is 2.86 bits per heavy atom. The van der Waals surface area contributed by atoms with E-state index in [-0.39, 0.29) is 17.7 Å². The van der Waals surface area contributed by atoms with Crippen LogP contribution in [0.5, 0.6) is 5.75 Å². The fraction of sp³-hybridized carbons (Fsp3) is 0.235. The number of fused-ring (bicyclic) bond motifs is 1. The minimum Gasteiger partial charge on any atom is -0.534 e. The van der Waals surface area contributed by atoms with Gasteiger partial charge >= 0.3 is 13.1 Å². The number of hydrogen-bond donors (Lipinski definition) is 6. The van der Waals surface area contributed by atoms with Gasteiger partial charge in [0.05, 0.1) is 17.1 Å². The first kappa shape index (κ1) is 19.8. The van der Waals surface area contributed by atoms with Crippen LogP contribution in [0.1, 0.15) is 31.8 Å². The molecule has 146 valence electrons. The molecule has 0 aliphatic carbocycles. The van der Waals surface area contributed by atoms with E-state index in [1.54, 1.807) is 24.4 Å². The normalized spacial score (nSPS) is 15.7. The number of nitrogens with two attached hydrogens (primary N) is 2. The molecule has 28 heavy (non-hydrogen) atoms. The topological polar surface area (TPSA) is 173 Å². The van der Waals surface area contributed by atoms with Crippen LogP contribution in [0.2, 0.25) is 0 Å². The Morgan fingerprint density at radius 2 is 2.14 bits per heavy atom. The van der Waals surface area contributed by atoms with Crippen LogP contribution in [0.3, 0.4) is 0 Å². The number of carboxylic acid groups (broad SMARTS) is 1. The van der Waals surface area contributed by atoms with Crippen molar-refractivity contribution >= 4 is 19.0 Å². The Hall–Kier alpha value is -2.99. The van der Waals surface area contributed by atoms with E-state index in [9.17, 15) is 19.7 Å². The molecule has 0 radical (unpaired) electrons. The summed E-state index contributed by atoms with van der Waals surface area (Å²) >= 11 is 0. The maximum absolute atomic E-state index is 12.6. The quantitative estimate of drug-likeness (QED) is 0.264. The van der Waals surface area contributed by atoms with Gasteiger partial charge in [0, 0.05) is 18.9 Å². The van der Waals surface area contributed by atoms with Crippen LogP contribution in [0, 0.1) is 0 Å². The number of pyridine rings is 1. The van der Waals surface area contributed by atoms with E-state index in [2.05, 4.69) is 15.6 Å². The summed E-state index contributed by atoms with van der Waals surface area (Å²) in [6, 6.07) is 6.30. The van der Waals surface area contributed by atoms with Gasteiger partial charge in [-0.15, -0.1) is 0 Å². The van der Waals surface area contributed by atoms with Crippen molar-refractivity contribution < 1.29 is 24.4 Å². The van der Waals surface area contributed by atoms with E-state index < -0.39 is 31.2 Å². The van der Waals surface area contributed by atoms with Crippen LogP contribution in [0.4, 0.5) is 0 Å². The molecular weight excluding hydrogens is 365 g/mol. The summed E-state index contributed by atoms with van der Waals surface area (Å²) in [6.07, 6.45) is 2.50. The summed E-state index contributed by atoms with van der Waals surface area (Å²) in [7, 11) is -1.38. The van der Waals surface area contributed by atoms with E-state index in [4.69, 9.17) is 16.1 Å². The highest BCUT2D eigenvalue weighted by atomic mass is 16.5. The average molecular weight is 385 g/mol. The summed E-state index contributed by atoms with van der Waals surface area (Å²) in [5.41, 5.74) is 12.4. The number of nitrogens with zero attached hydrogens (tertiary/aromatic N) is 1. The molecule has 3 rings (SSSR count). The second kappa shape index (κ2) is 8.36. The zero-order chi connectivity index (χ0) is 20.3. The van der Waals surface area contributed by atoms with Crippen molar-refractivity contribution in [1.82, 2.24) is 15.6 Å². The average Bonchev–Trinajstić information content (AvgIpc) is 2.66. The number of rotatable bonds is 6. The molecule has 0 spiro atoms. The molecule has 1 aromatic heterocycles. The molecule has 1 unspecified atom stereocenters. The molecule has 1 aliphatic rings. The molecule has 1 aliphatic heterocycles. The molecule has 1 atom stereocenters. The van der Waals surface area contributed by atoms with Crippen LogP contribution in [-0.4, -0.2) is 46.3 Å². The lowest BCUT2D eigenvalue weighted by molar-refractivity contribution is 0.0693. The second-order valence-electron chi connectivity index (χ2n) is 6.38. The first-order chi connectivity index (χ1) is 13.3. The zero-order valence-electron chi connectivity index (χ0n) is 14.8. The molecule has 0 fully saturated rings. The number of para-hydroxylation sites is 1. The Balaban J connectivity index is 1.72. The number of hydrogen-bond acceptors (Lipinski definition) is 8. The predicted octanol–water partition coefficient (Wildman–Crippen LogP) is -1.18. The number of carbonyl (C=O) groups is 2. The third-order valence-corrected chi connectivity index (χ3v) is 4.27. The van der Waals surface area contributed by atoms with Crippen LogP contribution in [0.15, 0.2) is 36.7 Å². The van der Waals surface area contributed by atoms with E-state index in [0.717, 1.165) is 0 Å². The first-order valence-electron chi connectivity index (χ1n) is 8.54. The highest BCUT2D eigenvalue weighted by Gasteiger charge is 2.37. The lowest BCUT2D eigenvalue weighted by Crippen LogP contribution is -2.53. The Kier molecular flexibility index (Phi) is 5.90. The van der Waals surface area contributed by atoms with Gasteiger partial charge in [-0.1, -0.05) is 12.1 Å². The van der Waals surface area contributed by atoms with Gasteiger partial charge in [0.25, 0.3) is 5.91 Å². The van der Waals surface area contributed by atoms with Gasteiger partial charge in [0.2, 0.25) is 0 Å². The molecule has 1 aromatic carbocycles. The number of nitrogens with one attached hydrogen (secondary N) is 2. The summed E-state index contributed by atoms with van der Waals surface area (Å²) in [5, 5.41) is 25.0. The second-order valence-corrected chi connectivity index (χ2v) is 6.38. The van der Waals surface area contributed by atoms with Crippen molar-refractivity contribution in [2.45, 2.75) is 25.2 Å². The first-order valence-corrected chi connectivity index (χ1v) is 8.54. The van der Waals surface area contributed by atoms with Crippen molar-refractivity contribution in [3.63, 3.8) is 0 Å². The number of carbonyl (C=O) groups excluding carboxylic acids is 1.